The van der Waals surface area contributed by atoms with E-state index in [1.165, 1.54) is 231 Å². The molecule has 0 aromatic carbocycles. The number of ether oxygens (including phenoxy) is 3. The van der Waals surface area contributed by atoms with Gasteiger partial charge in [0.05, 0.1) is 0 Å². The molecule has 0 spiro atoms. The lowest BCUT2D eigenvalue weighted by atomic mass is 10.0. The van der Waals surface area contributed by atoms with Crippen LogP contribution in [0.25, 0.3) is 0 Å². The van der Waals surface area contributed by atoms with Crippen LogP contribution in [0.15, 0.2) is 24.3 Å². The molecule has 67 heavy (non-hydrogen) atoms. The van der Waals surface area contributed by atoms with E-state index in [-0.39, 0.29) is 31.1 Å². The molecule has 0 bridgehead atoms. The molecule has 6 heteroatoms. The molecular weight excluding hydrogens is 829 g/mol. The highest BCUT2D eigenvalue weighted by Crippen LogP contribution is 2.17. The summed E-state index contributed by atoms with van der Waals surface area (Å²) in [5.74, 6) is -0.862. The Hall–Kier alpha value is -2.11. The molecule has 0 rings (SSSR count). The predicted octanol–water partition coefficient (Wildman–Crippen LogP) is 19.9. The zero-order valence-electron chi connectivity index (χ0n) is 45.2. The van der Waals surface area contributed by atoms with Gasteiger partial charge in [0.15, 0.2) is 6.10 Å². The molecule has 0 heterocycles. The molecule has 0 aromatic heterocycles. The summed E-state index contributed by atoms with van der Waals surface area (Å²) >= 11 is 0. The highest BCUT2D eigenvalue weighted by molar-refractivity contribution is 5.71. The van der Waals surface area contributed by atoms with E-state index in [0.717, 1.165) is 57.8 Å². The number of esters is 3. The van der Waals surface area contributed by atoms with Crippen molar-refractivity contribution in [3.8, 4) is 0 Å². The summed E-state index contributed by atoms with van der Waals surface area (Å²) in [6.45, 7) is 6.63. The summed E-state index contributed by atoms with van der Waals surface area (Å²) in [5, 5.41) is 0. The van der Waals surface area contributed by atoms with E-state index < -0.39 is 6.10 Å². The van der Waals surface area contributed by atoms with E-state index in [2.05, 4.69) is 45.1 Å². The van der Waals surface area contributed by atoms with Crippen molar-refractivity contribution in [2.24, 2.45) is 0 Å². The van der Waals surface area contributed by atoms with Crippen molar-refractivity contribution in [2.45, 2.75) is 335 Å². The van der Waals surface area contributed by atoms with Crippen molar-refractivity contribution >= 4 is 17.9 Å². The second-order valence-electron chi connectivity index (χ2n) is 20.3. The first-order chi connectivity index (χ1) is 33.0. The first kappa shape index (κ1) is 64.9. The Kier molecular flexibility index (Phi) is 54.7. The van der Waals surface area contributed by atoms with Crippen molar-refractivity contribution in [1.82, 2.24) is 0 Å². The topological polar surface area (TPSA) is 78.9 Å². The average molecular weight is 944 g/mol. The summed E-state index contributed by atoms with van der Waals surface area (Å²) in [4.78, 5) is 38.0. The lowest BCUT2D eigenvalue weighted by Crippen LogP contribution is -2.30. The number of unbranched alkanes of at least 4 members (excludes halogenated alkanes) is 40. The Bertz CT molecular complexity index is 1080. The Morgan fingerprint density at radius 1 is 0.284 bits per heavy atom. The van der Waals surface area contributed by atoms with Crippen LogP contribution in [0.2, 0.25) is 0 Å². The summed E-state index contributed by atoms with van der Waals surface area (Å²) in [6, 6.07) is 0. The van der Waals surface area contributed by atoms with Gasteiger partial charge in [0.1, 0.15) is 13.2 Å². The van der Waals surface area contributed by atoms with Crippen LogP contribution in [0.3, 0.4) is 0 Å². The van der Waals surface area contributed by atoms with Gasteiger partial charge in [0, 0.05) is 19.3 Å². The SMILES string of the molecule is CCCCCCCC/C=C\CCCCCCCCCC(=O)OC(COC(=O)CCCCCCCCC)COC(=O)CCCCCCCCCCCCCCC/C=C\CCCCCCCCCC. The van der Waals surface area contributed by atoms with Crippen LogP contribution in [-0.2, 0) is 28.6 Å². The van der Waals surface area contributed by atoms with Gasteiger partial charge in [0.2, 0.25) is 0 Å². The Labute approximate surface area is 417 Å². The summed E-state index contributed by atoms with van der Waals surface area (Å²) in [5.41, 5.74) is 0. The average Bonchev–Trinajstić information content (AvgIpc) is 3.33. The number of rotatable bonds is 55. The first-order valence-corrected chi connectivity index (χ1v) is 29.8. The smallest absolute Gasteiger partial charge is 0.306 e. The third-order valence-electron chi connectivity index (χ3n) is 13.4. The molecule has 0 aliphatic carbocycles. The second kappa shape index (κ2) is 56.5. The van der Waals surface area contributed by atoms with Gasteiger partial charge in [-0.2, -0.15) is 0 Å². The summed E-state index contributed by atoms with van der Waals surface area (Å²) < 4.78 is 16.8. The molecule has 0 aromatic rings. The van der Waals surface area contributed by atoms with E-state index in [9.17, 15) is 14.4 Å². The minimum atomic E-state index is -0.768. The number of hydrogen-bond donors (Lipinski definition) is 0. The van der Waals surface area contributed by atoms with Gasteiger partial charge < -0.3 is 14.2 Å². The third-order valence-corrected chi connectivity index (χ3v) is 13.4. The minimum Gasteiger partial charge on any atom is -0.462 e. The Morgan fingerprint density at radius 2 is 0.493 bits per heavy atom. The maximum atomic E-state index is 12.8. The van der Waals surface area contributed by atoms with E-state index in [0.29, 0.717) is 19.3 Å². The van der Waals surface area contributed by atoms with E-state index in [1.807, 2.05) is 0 Å². The second-order valence-corrected chi connectivity index (χ2v) is 20.3. The normalized spacial score (nSPS) is 12.1. The predicted molar refractivity (Wildman–Crippen MR) is 289 cm³/mol. The number of allylic oxidation sites excluding steroid dienone is 4. The van der Waals surface area contributed by atoms with Crippen LogP contribution in [0.4, 0.5) is 0 Å². The largest absolute Gasteiger partial charge is 0.462 e. The van der Waals surface area contributed by atoms with Crippen LogP contribution < -0.4 is 0 Å². The van der Waals surface area contributed by atoms with Crippen LogP contribution in [0, 0.1) is 0 Å². The fraction of sp³-hybridized carbons (Fsp3) is 0.885. The van der Waals surface area contributed by atoms with Gasteiger partial charge in [-0.1, -0.05) is 263 Å². The van der Waals surface area contributed by atoms with Crippen LogP contribution >= 0.6 is 0 Å². The maximum absolute atomic E-state index is 12.8. The van der Waals surface area contributed by atoms with Gasteiger partial charge >= 0.3 is 17.9 Å². The molecule has 0 N–H and O–H groups in total. The summed E-state index contributed by atoms with van der Waals surface area (Å²) in [6.07, 6.45) is 66.3. The molecule has 0 fully saturated rings. The lowest BCUT2D eigenvalue weighted by molar-refractivity contribution is -0.167. The lowest BCUT2D eigenvalue weighted by Gasteiger charge is -2.18. The van der Waals surface area contributed by atoms with E-state index in [4.69, 9.17) is 14.2 Å². The van der Waals surface area contributed by atoms with Crippen molar-refractivity contribution < 1.29 is 28.6 Å². The van der Waals surface area contributed by atoms with Crippen LogP contribution in [0.1, 0.15) is 329 Å². The number of hydrogen-bond acceptors (Lipinski definition) is 6. The minimum absolute atomic E-state index is 0.0691. The summed E-state index contributed by atoms with van der Waals surface area (Å²) in [7, 11) is 0. The Balaban J connectivity index is 4.10. The number of carbonyl (C=O) groups is 3. The van der Waals surface area contributed by atoms with Gasteiger partial charge in [0.25, 0.3) is 0 Å². The van der Waals surface area contributed by atoms with Crippen molar-refractivity contribution in [3.63, 3.8) is 0 Å². The molecule has 0 saturated carbocycles. The van der Waals surface area contributed by atoms with Gasteiger partial charge in [-0.05, 0) is 70.6 Å². The van der Waals surface area contributed by atoms with Gasteiger partial charge in [-0.25, -0.2) is 0 Å². The fourth-order valence-corrected chi connectivity index (χ4v) is 8.91. The zero-order valence-corrected chi connectivity index (χ0v) is 45.2. The zero-order chi connectivity index (χ0) is 48.6. The molecule has 0 aliphatic heterocycles. The standard InChI is InChI=1S/C61H114O6/c1-4-7-10-13-16-18-20-22-24-26-27-28-29-30-31-32-33-35-36-38-40-42-45-48-51-54-60(63)66-57-58(56-65-59(62)53-50-47-44-15-12-9-6-3)67-61(64)55-52-49-46-43-41-39-37-34-25-23-21-19-17-14-11-8-5-2/h23,25-27,58H,4-22,24,28-57H2,1-3H3/b25-23-,27-26-. The highest BCUT2D eigenvalue weighted by atomic mass is 16.6. The number of carbonyl (C=O) groups excluding carboxylic acids is 3. The van der Waals surface area contributed by atoms with Crippen molar-refractivity contribution in [2.75, 3.05) is 13.2 Å². The molecule has 1 atom stereocenters. The molecular formula is C61H114O6. The van der Waals surface area contributed by atoms with Crippen LogP contribution in [-0.4, -0.2) is 37.2 Å². The first-order valence-electron chi connectivity index (χ1n) is 29.8. The van der Waals surface area contributed by atoms with Gasteiger partial charge in [-0.15, -0.1) is 0 Å². The molecule has 0 aliphatic rings. The fourth-order valence-electron chi connectivity index (χ4n) is 8.91. The molecule has 0 saturated heterocycles. The quantitative estimate of drug-likeness (QED) is 0.0262. The molecule has 1 unspecified atom stereocenters. The van der Waals surface area contributed by atoms with Crippen molar-refractivity contribution in [3.05, 3.63) is 24.3 Å². The van der Waals surface area contributed by atoms with Crippen LogP contribution in [0.5, 0.6) is 0 Å². The molecule has 0 radical (unpaired) electrons. The van der Waals surface area contributed by atoms with Crippen molar-refractivity contribution in [1.29, 1.82) is 0 Å². The third kappa shape index (κ3) is 54.7. The van der Waals surface area contributed by atoms with E-state index >= 15 is 0 Å². The molecule has 394 valence electrons. The molecule has 0 amide bonds. The Morgan fingerprint density at radius 3 is 0.746 bits per heavy atom. The van der Waals surface area contributed by atoms with E-state index in [1.54, 1.807) is 0 Å². The molecule has 6 nitrogen and oxygen atoms in total. The maximum Gasteiger partial charge on any atom is 0.306 e. The highest BCUT2D eigenvalue weighted by Gasteiger charge is 2.19. The van der Waals surface area contributed by atoms with Gasteiger partial charge in [-0.3, -0.25) is 14.4 Å². The monoisotopic (exact) mass is 943 g/mol.